The van der Waals surface area contributed by atoms with Gasteiger partial charge in [0, 0.05) is 30.4 Å². The number of rotatable bonds is 4. The molecule has 4 nitrogen and oxygen atoms in total. The van der Waals surface area contributed by atoms with Crippen LogP contribution in [0.4, 0.5) is 0 Å². The molecule has 1 aliphatic rings. The molecule has 2 aromatic carbocycles. The summed E-state index contributed by atoms with van der Waals surface area (Å²) < 4.78 is 0. The van der Waals surface area contributed by atoms with E-state index in [0.29, 0.717) is 12.0 Å². The van der Waals surface area contributed by atoms with E-state index < -0.39 is 6.10 Å². The molecule has 0 aliphatic carbocycles. The maximum atomic E-state index is 13.2. The zero-order chi connectivity index (χ0) is 17.9. The largest absolute Gasteiger partial charge is 0.388 e. The van der Waals surface area contributed by atoms with E-state index in [1.54, 1.807) is 12.4 Å². The van der Waals surface area contributed by atoms with Crippen molar-refractivity contribution in [1.29, 1.82) is 0 Å². The standard InChI is InChI=1S/C22H22N2O2/c25-21(16-7-2-1-3-8-16)13-18-10-6-12-24(18)22(26)20-15-23-14-17-9-4-5-11-19(17)20/h1-5,7-9,11,14-15,18,21,25H,6,10,12-13H2. The van der Waals surface area contributed by atoms with Crippen LogP contribution < -0.4 is 0 Å². The number of hydrogen-bond acceptors (Lipinski definition) is 3. The highest BCUT2D eigenvalue weighted by molar-refractivity contribution is 6.06. The first kappa shape index (κ1) is 16.7. The molecule has 2 heterocycles. The molecule has 0 radical (unpaired) electrons. The summed E-state index contributed by atoms with van der Waals surface area (Å²) in [6.45, 7) is 0.730. The number of carbonyl (C=O) groups is 1. The normalized spacial score (nSPS) is 18.2. The lowest BCUT2D eigenvalue weighted by atomic mass is 10.00. The van der Waals surface area contributed by atoms with Gasteiger partial charge in [-0.2, -0.15) is 0 Å². The molecule has 0 saturated carbocycles. The minimum Gasteiger partial charge on any atom is -0.388 e. The van der Waals surface area contributed by atoms with Gasteiger partial charge in [-0.3, -0.25) is 9.78 Å². The zero-order valence-corrected chi connectivity index (χ0v) is 14.6. The summed E-state index contributed by atoms with van der Waals surface area (Å²) >= 11 is 0. The van der Waals surface area contributed by atoms with E-state index in [1.807, 2.05) is 59.5 Å². The van der Waals surface area contributed by atoms with Crippen LogP contribution in [0.5, 0.6) is 0 Å². The van der Waals surface area contributed by atoms with Crippen molar-refractivity contribution in [3.8, 4) is 0 Å². The molecule has 2 atom stereocenters. The highest BCUT2D eigenvalue weighted by Crippen LogP contribution is 2.29. The number of benzene rings is 2. The van der Waals surface area contributed by atoms with Crippen molar-refractivity contribution < 1.29 is 9.90 Å². The predicted octanol–water partition coefficient (Wildman–Crippen LogP) is 3.96. The molecule has 1 N–H and O–H groups in total. The zero-order valence-electron chi connectivity index (χ0n) is 14.6. The molecule has 1 aliphatic heterocycles. The van der Waals surface area contributed by atoms with Crippen LogP contribution in [0.15, 0.2) is 67.0 Å². The van der Waals surface area contributed by atoms with Gasteiger partial charge >= 0.3 is 0 Å². The summed E-state index contributed by atoms with van der Waals surface area (Å²) in [5.41, 5.74) is 1.54. The van der Waals surface area contributed by atoms with Crippen LogP contribution in [0.25, 0.3) is 10.8 Å². The van der Waals surface area contributed by atoms with Crippen LogP contribution in [0.2, 0.25) is 0 Å². The number of aliphatic hydroxyl groups is 1. The Morgan fingerprint density at radius 1 is 1.12 bits per heavy atom. The van der Waals surface area contributed by atoms with Gasteiger partial charge in [0.2, 0.25) is 0 Å². The second-order valence-corrected chi connectivity index (χ2v) is 6.86. The Kier molecular flexibility index (Phi) is 4.67. The molecule has 132 valence electrons. The monoisotopic (exact) mass is 346 g/mol. The topological polar surface area (TPSA) is 53.4 Å². The van der Waals surface area contributed by atoms with Crippen molar-refractivity contribution in [2.75, 3.05) is 6.54 Å². The van der Waals surface area contributed by atoms with Gasteiger partial charge in [0.15, 0.2) is 0 Å². The fraction of sp³-hybridized carbons (Fsp3) is 0.273. The summed E-state index contributed by atoms with van der Waals surface area (Å²) in [4.78, 5) is 19.3. The molecule has 1 aromatic heterocycles. The Bertz CT molecular complexity index is 905. The third-order valence-corrected chi connectivity index (χ3v) is 5.22. The molecule has 1 fully saturated rings. The number of amides is 1. The molecular formula is C22H22N2O2. The van der Waals surface area contributed by atoms with Crippen LogP contribution in [-0.4, -0.2) is 33.5 Å². The van der Waals surface area contributed by atoms with Gasteiger partial charge < -0.3 is 10.0 Å². The van der Waals surface area contributed by atoms with Crippen molar-refractivity contribution >= 4 is 16.7 Å². The van der Waals surface area contributed by atoms with E-state index >= 15 is 0 Å². The fourth-order valence-corrected chi connectivity index (χ4v) is 3.86. The quantitative estimate of drug-likeness (QED) is 0.778. The highest BCUT2D eigenvalue weighted by atomic mass is 16.3. The smallest absolute Gasteiger partial charge is 0.256 e. The van der Waals surface area contributed by atoms with Crippen molar-refractivity contribution in [1.82, 2.24) is 9.88 Å². The second-order valence-electron chi connectivity index (χ2n) is 6.86. The molecule has 4 heteroatoms. The first-order valence-electron chi connectivity index (χ1n) is 9.11. The van der Waals surface area contributed by atoms with Crippen molar-refractivity contribution in [2.24, 2.45) is 0 Å². The van der Waals surface area contributed by atoms with E-state index in [4.69, 9.17) is 0 Å². The third kappa shape index (κ3) is 3.20. The summed E-state index contributed by atoms with van der Waals surface area (Å²) in [5, 5.41) is 12.5. The first-order chi connectivity index (χ1) is 12.7. The summed E-state index contributed by atoms with van der Waals surface area (Å²) in [6.07, 6.45) is 5.35. The number of hydrogen-bond donors (Lipinski definition) is 1. The van der Waals surface area contributed by atoms with E-state index in [0.717, 1.165) is 35.7 Å². The second kappa shape index (κ2) is 7.26. The molecule has 26 heavy (non-hydrogen) atoms. The number of aromatic nitrogens is 1. The van der Waals surface area contributed by atoms with Crippen LogP contribution >= 0.6 is 0 Å². The highest BCUT2D eigenvalue weighted by Gasteiger charge is 2.32. The van der Waals surface area contributed by atoms with Crippen LogP contribution in [-0.2, 0) is 0 Å². The number of fused-ring (bicyclic) bond motifs is 1. The van der Waals surface area contributed by atoms with Gasteiger partial charge in [-0.25, -0.2) is 0 Å². The van der Waals surface area contributed by atoms with Gasteiger partial charge in [-0.05, 0) is 30.2 Å². The molecule has 2 unspecified atom stereocenters. The lowest BCUT2D eigenvalue weighted by molar-refractivity contribution is 0.0668. The van der Waals surface area contributed by atoms with Gasteiger partial charge in [-0.1, -0.05) is 54.6 Å². The SMILES string of the molecule is O=C(c1cncc2ccccc12)N1CCCC1CC(O)c1ccccc1. The maximum absolute atomic E-state index is 13.2. The number of nitrogens with zero attached hydrogens (tertiary/aromatic N) is 2. The van der Waals surface area contributed by atoms with E-state index in [2.05, 4.69) is 4.98 Å². The summed E-state index contributed by atoms with van der Waals surface area (Å²) in [6, 6.07) is 17.5. The number of pyridine rings is 1. The lowest BCUT2D eigenvalue weighted by Gasteiger charge is -2.27. The lowest BCUT2D eigenvalue weighted by Crippen LogP contribution is -2.36. The van der Waals surface area contributed by atoms with Crippen molar-refractivity contribution in [3.63, 3.8) is 0 Å². The molecule has 1 saturated heterocycles. The van der Waals surface area contributed by atoms with E-state index in [-0.39, 0.29) is 11.9 Å². The Labute approximate surface area is 153 Å². The van der Waals surface area contributed by atoms with Crippen molar-refractivity contribution in [2.45, 2.75) is 31.4 Å². The fourth-order valence-electron chi connectivity index (χ4n) is 3.86. The predicted molar refractivity (Wildman–Crippen MR) is 102 cm³/mol. The van der Waals surface area contributed by atoms with Gasteiger partial charge in [0.25, 0.3) is 5.91 Å². The Hall–Kier alpha value is -2.72. The average molecular weight is 346 g/mol. The summed E-state index contributed by atoms with van der Waals surface area (Å²) in [7, 11) is 0. The Morgan fingerprint density at radius 3 is 2.73 bits per heavy atom. The minimum absolute atomic E-state index is 0.0112. The summed E-state index contributed by atoms with van der Waals surface area (Å²) in [5.74, 6) is 0.0112. The van der Waals surface area contributed by atoms with Crippen molar-refractivity contribution in [3.05, 3.63) is 78.1 Å². The Balaban J connectivity index is 1.57. The minimum atomic E-state index is -0.555. The van der Waals surface area contributed by atoms with Crippen LogP contribution in [0.1, 0.15) is 41.3 Å². The third-order valence-electron chi connectivity index (χ3n) is 5.22. The number of aliphatic hydroxyl groups excluding tert-OH is 1. The number of likely N-dealkylation sites (tertiary alicyclic amines) is 1. The van der Waals surface area contributed by atoms with Gasteiger partial charge in [0.05, 0.1) is 11.7 Å². The van der Waals surface area contributed by atoms with Crippen LogP contribution in [0, 0.1) is 0 Å². The van der Waals surface area contributed by atoms with E-state index in [9.17, 15) is 9.90 Å². The molecule has 0 bridgehead atoms. The molecule has 3 aromatic rings. The average Bonchev–Trinajstić information content (AvgIpc) is 3.15. The molecular weight excluding hydrogens is 324 g/mol. The molecule has 4 rings (SSSR count). The molecule has 1 amide bonds. The molecule has 0 spiro atoms. The first-order valence-corrected chi connectivity index (χ1v) is 9.11. The maximum Gasteiger partial charge on any atom is 0.256 e. The van der Waals surface area contributed by atoms with Gasteiger partial charge in [0.1, 0.15) is 0 Å². The van der Waals surface area contributed by atoms with E-state index in [1.165, 1.54) is 0 Å². The Morgan fingerprint density at radius 2 is 1.88 bits per heavy atom. The number of carbonyl (C=O) groups excluding carboxylic acids is 1. The van der Waals surface area contributed by atoms with Crippen LogP contribution in [0.3, 0.4) is 0 Å². The van der Waals surface area contributed by atoms with Gasteiger partial charge in [-0.15, -0.1) is 0 Å².